The summed E-state index contributed by atoms with van der Waals surface area (Å²) in [6.07, 6.45) is -22.9. The van der Waals surface area contributed by atoms with Gasteiger partial charge < -0.3 is 32.0 Å². The van der Waals surface area contributed by atoms with Gasteiger partial charge in [-0.25, -0.2) is 0 Å². The minimum atomic E-state index is -6.17. The van der Waals surface area contributed by atoms with E-state index in [-0.39, 0.29) is 51.2 Å². The Morgan fingerprint density at radius 2 is 0.628 bits per heavy atom. The first-order valence-corrected chi connectivity index (χ1v) is 12.4. The fourth-order valence-electron chi connectivity index (χ4n) is 2.21. The van der Waals surface area contributed by atoms with Crippen molar-refractivity contribution in [2.24, 2.45) is 0 Å². The molecule has 0 fully saturated rings. The lowest BCUT2D eigenvalue weighted by Gasteiger charge is -2.29. The van der Waals surface area contributed by atoms with Gasteiger partial charge in [-0.3, -0.25) is 9.11 Å². The summed E-state index contributed by atoms with van der Waals surface area (Å²) in [5.74, 6) is -11.3. The first-order chi connectivity index (χ1) is 18.1. The summed E-state index contributed by atoms with van der Waals surface area (Å²) in [5.41, 5.74) is 0. The SMILES string of the molecule is N.N.O=S(=O)(O)O.OCCCCCCOC(F)(C(F)(F)F)C(F)(F)F.OCCCCCCOC(F)(C(F)(F)F)C(F)(F)F. The van der Waals surface area contributed by atoms with Crippen molar-refractivity contribution in [3.63, 3.8) is 0 Å². The molecule has 0 aromatic carbocycles. The van der Waals surface area contributed by atoms with Gasteiger partial charge in [-0.2, -0.15) is 69.9 Å². The second-order valence-corrected chi connectivity index (χ2v) is 8.50. The van der Waals surface area contributed by atoms with Gasteiger partial charge in [-0.1, -0.05) is 25.7 Å². The van der Waals surface area contributed by atoms with Crippen LogP contribution in [0.5, 0.6) is 0 Å². The van der Waals surface area contributed by atoms with Crippen LogP contribution < -0.4 is 12.3 Å². The Bertz CT molecular complexity index is 708. The van der Waals surface area contributed by atoms with E-state index in [9.17, 15) is 61.5 Å². The van der Waals surface area contributed by atoms with Crippen molar-refractivity contribution in [2.75, 3.05) is 26.4 Å². The molecule has 0 aliphatic carbocycles. The second-order valence-electron chi connectivity index (χ2n) is 7.60. The van der Waals surface area contributed by atoms with Crippen LogP contribution in [0.4, 0.5) is 61.5 Å². The van der Waals surface area contributed by atoms with Gasteiger partial charge in [0, 0.05) is 13.2 Å². The Balaban J connectivity index is -0.000000186. The molecule has 0 atom stereocenters. The monoisotopic (exact) mass is 704 g/mol. The van der Waals surface area contributed by atoms with Gasteiger partial charge in [0.2, 0.25) is 0 Å². The predicted molar refractivity (Wildman–Crippen MR) is 119 cm³/mol. The summed E-state index contributed by atoms with van der Waals surface area (Å²) in [5, 5.41) is 16.8. The number of ether oxygens (including phenoxy) is 2. The van der Waals surface area contributed by atoms with Crippen molar-refractivity contribution in [2.45, 2.75) is 87.8 Å². The van der Waals surface area contributed by atoms with Crippen LogP contribution in [0.3, 0.4) is 0 Å². The number of alkyl halides is 14. The predicted octanol–water partition coefficient (Wildman–Crippen LogP) is 6.36. The zero-order valence-corrected chi connectivity index (χ0v) is 22.8. The average Bonchev–Trinajstić information content (AvgIpc) is 2.74. The number of aliphatic hydroxyl groups excluding tert-OH is 2. The molecule has 0 aliphatic rings. The van der Waals surface area contributed by atoms with Crippen molar-refractivity contribution in [1.29, 1.82) is 0 Å². The third-order valence-corrected chi connectivity index (χ3v) is 4.17. The van der Waals surface area contributed by atoms with Crippen LogP contribution >= 0.6 is 0 Å². The lowest BCUT2D eigenvalue weighted by Crippen LogP contribution is -2.55. The molecule has 10 N–H and O–H groups in total. The van der Waals surface area contributed by atoms with E-state index >= 15 is 0 Å². The lowest BCUT2D eigenvalue weighted by atomic mass is 10.2. The summed E-state index contributed by atoms with van der Waals surface area (Å²) >= 11 is 0. The van der Waals surface area contributed by atoms with Crippen LogP contribution in [-0.2, 0) is 19.9 Å². The maximum Gasteiger partial charge on any atom is 0.458 e. The van der Waals surface area contributed by atoms with Gasteiger partial charge in [0.05, 0.1) is 13.2 Å². The van der Waals surface area contributed by atoms with E-state index in [2.05, 4.69) is 9.47 Å². The van der Waals surface area contributed by atoms with Crippen LogP contribution in [0.2, 0.25) is 0 Å². The van der Waals surface area contributed by atoms with E-state index in [1.54, 1.807) is 0 Å². The molecule has 10 nitrogen and oxygen atoms in total. The standard InChI is InChI=1S/2C9H13F7O2.2H3N.H2O4S/c2*10-7(8(11,12)13,9(14,15)16)18-6-4-2-1-3-5-17;;;1-5(2,3)4/h2*17H,1-6H2;2*1H3;(H2,1,2,3,4). The number of halogens is 14. The Labute approximate surface area is 236 Å². The van der Waals surface area contributed by atoms with Crippen molar-refractivity contribution in [1.82, 2.24) is 12.3 Å². The molecule has 0 aliphatic heterocycles. The van der Waals surface area contributed by atoms with Crippen molar-refractivity contribution >= 4 is 10.4 Å². The van der Waals surface area contributed by atoms with E-state index in [4.69, 9.17) is 27.7 Å². The van der Waals surface area contributed by atoms with Crippen molar-refractivity contribution in [3.8, 4) is 0 Å². The van der Waals surface area contributed by atoms with Gasteiger partial charge in [0.1, 0.15) is 0 Å². The van der Waals surface area contributed by atoms with Crippen molar-refractivity contribution in [3.05, 3.63) is 0 Å². The lowest BCUT2D eigenvalue weighted by molar-refractivity contribution is -0.430. The average molecular weight is 705 g/mol. The quantitative estimate of drug-likeness (QED) is 0.0671. The van der Waals surface area contributed by atoms with Crippen LogP contribution in [-0.4, -0.2) is 90.6 Å². The summed E-state index contributed by atoms with van der Waals surface area (Å²) in [4.78, 5) is 0. The molecule has 25 heteroatoms. The Morgan fingerprint density at radius 1 is 0.442 bits per heavy atom. The topological polar surface area (TPSA) is 204 Å². The summed E-state index contributed by atoms with van der Waals surface area (Å²) in [6.45, 7) is -2.25. The minimum absolute atomic E-state index is 0. The molecular formula is C18H34F14N2O8S. The van der Waals surface area contributed by atoms with Crippen LogP contribution in [0.15, 0.2) is 0 Å². The van der Waals surface area contributed by atoms with Gasteiger partial charge in [-0.15, -0.1) is 0 Å². The van der Waals surface area contributed by atoms with Gasteiger partial charge in [0.25, 0.3) is 0 Å². The highest BCUT2D eigenvalue weighted by Crippen LogP contribution is 2.48. The number of hydrogen-bond donors (Lipinski definition) is 6. The highest BCUT2D eigenvalue weighted by atomic mass is 32.3. The van der Waals surface area contributed by atoms with E-state index in [1.165, 1.54) is 0 Å². The zero-order chi connectivity index (χ0) is 33.4. The Morgan fingerprint density at radius 3 is 0.791 bits per heavy atom. The van der Waals surface area contributed by atoms with Gasteiger partial charge >= 0.3 is 46.8 Å². The molecule has 0 aromatic rings. The maximum atomic E-state index is 12.9. The van der Waals surface area contributed by atoms with E-state index < -0.39 is 60.0 Å². The molecular weight excluding hydrogens is 670 g/mol. The molecule has 0 radical (unpaired) electrons. The third-order valence-electron chi connectivity index (χ3n) is 4.17. The van der Waals surface area contributed by atoms with Crippen molar-refractivity contribution < 1.29 is 98.7 Å². The smallest absolute Gasteiger partial charge is 0.396 e. The fourth-order valence-corrected chi connectivity index (χ4v) is 2.21. The van der Waals surface area contributed by atoms with Crippen LogP contribution in [0, 0.1) is 0 Å². The summed E-state index contributed by atoms with van der Waals surface area (Å²) in [6, 6.07) is 0. The molecule has 0 rings (SSSR count). The number of rotatable bonds is 14. The number of unbranched alkanes of at least 4 members (excludes halogenated alkanes) is 6. The summed E-state index contributed by atoms with van der Waals surface area (Å²) < 4.78 is 208. The first kappa shape index (κ1) is 51.2. The number of aliphatic hydroxyl groups is 2. The fraction of sp³-hybridized carbons (Fsp3) is 1.00. The van der Waals surface area contributed by atoms with Gasteiger partial charge in [0.15, 0.2) is 0 Å². The highest BCUT2D eigenvalue weighted by molar-refractivity contribution is 7.79. The van der Waals surface area contributed by atoms with Gasteiger partial charge in [-0.05, 0) is 25.7 Å². The molecule has 43 heavy (non-hydrogen) atoms. The van der Waals surface area contributed by atoms with Crippen LogP contribution in [0.25, 0.3) is 0 Å². The molecule has 0 aromatic heterocycles. The maximum absolute atomic E-state index is 12.9. The van der Waals surface area contributed by atoms with E-state index in [0.29, 0.717) is 25.7 Å². The molecule has 0 heterocycles. The molecule has 0 amide bonds. The molecule has 0 saturated carbocycles. The third kappa shape index (κ3) is 21.9. The Hall–Kier alpha value is -1.35. The van der Waals surface area contributed by atoms with E-state index in [1.807, 2.05) is 0 Å². The molecule has 0 spiro atoms. The Kier molecular flexibility index (Phi) is 25.5. The molecule has 0 unspecified atom stereocenters. The molecule has 0 saturated heterocycles. The zero-order valence-electron chi connectivity index (χ0n) is 22.0. The largest absolute Gasteiger partial charge is 0.458 e. The molecule has 268 valence electrons. The molecule has 0 bridgehead atoms. The highest BCUT2D eigenvalue weighted by Gasteiger charge is 2.75. The number of hydrogen-bond acceptors (Lipinski definition) is 8. The summed E-state index contributed by atoms with van der Waals surface area (Å²) in [7, 11) is -4.67. The minimum Gasteiger partial charge on any atom is -0.396 e. The normalized spacial score (nSPS) is 13.1. The second kappa shape index (κ2) is 21.4. The van der Waals surface area contributed by atoms with Crippen LogP contribution in [0.1, 0.15) is 51.4 Å². The van der Waals surface area contributed by atoms with E-state index in [0.717, 1.165) is 0 Å². The first-order valence-electron chi connectivity index (χ1n) is 11.0.